The van der Waals surface area contributed by atoms with Crippen molar-refractivity contribution in [3.05, 3.63) is 53.3 Å². The summed E-state index contributed by atoms with van der Waals surface area (Å²) in [6.45, 7) is 7.99. The van der Waals surface area contributed by atoms with Gasteiger partial charge in [-0.05, 0) is 45.7 Å². The Morgan fingerprint density at radius 3 is 2.46 bits per heavy atom. The molecule has 1 heterocycles. The molecule has 0 radical (unpaired) electrons. The highest BCUT2D eigenvalue weighted by Gasteiger charge is 2.20. The van der Waals surface area contributed by atoms with Crippen LogP contribution in [0.5, 0.6) is 0 Å². The maximum atomic E-state index is 12.5. The zero-order valence-electron chi connectivity index (χ0n) is 14.9. The van der Waals surface area contributed by atoms with Crippen molar-refractivity contribution in [2.24, 2.45) is 0 Å². The van der Waals surface area contributed by atoms with Gasteiger partial charge in [-0.3, -0.25) is 9.48 Å². The summed E-state index contributed by atoms with van der Waals surface area (Å²) in [6.07, 6.45) is 0.194. The van der Waals surface area contributed by atoms with Crippen LogP contribution in [0.2, 0.25) is 0 Å². The van der Waals surface area contributed by atoms with Crippen molar-refractivity contribution in [2.75, 3.05) is 6.54 Å². The van der Waals surface area contributed by atoms with Crippen LogP contribution >= 0.6 is 0 Å². The van der Waals surface area contributed by atoms with Gasteiger partial charge in [0.25, 0.3) is 0 Å². The molecule has 1 aromatic heterocycles. The number of aryl methyl sites for hydroxylation is 2. The SMILES string of the molecule is Cc1cc(C)n([C@H](C)C(=O)NC[C@H](C[C@H](C)O)c2ccccc2)n1. The molecule has 1 amide bonds. The van der Waals surface area contributed by atoms with E-state index >= 15 is 0 Å². The zero-order valence-corrected chi connectivity index (χ0v) is 14.9. The molecule has 130 valence electrons. The normalized spacial score (nSPS) is 14.9. The summed E-state index contributed by atoms with van der Waals surface area (Å²) in [5.74, 6) is 0.0236. The number of nitrogens with one attached hydrogen (secondary N) is 1. The van der Waals surface area contributed by atoms with Gasteiger partial charge in [-0.2, -0.15) is 5.10 Å². The Hall–Kier alpha value is -2.14. The Morgan fingerprint density at radius 1 is 1.25 bits per heavy atom. The number of carbonyl (C=O) groups is 1. The van der Waals surface area contributed by atoms with Gasteiger partial charge in [-0.25, -0.2) is 0 Å². The zero-order chi connectivity index (χ0) is 17.7. The van der Waals surface area contributed by atoms with Crippen molar-refractivity contribution in [1.82, 2.24) is 15.1 Å². The second-order valence-electron chi connectivity index (χ2n) is 6.49. The predicted molar refractivity (Wildman–Crippen MR) is 94.9 cm³/mol. The first-order valence-electron chi connectivity index (χ1n) is 8.42. The lowest BCUT2D eigenvalue weighted by Crippen LogP contribution is -2.35. The van der Waals surface area contributed by atoms with Gasteiger partial charge in [0.05, 0.1) is 11.8 Å². The minimum atomic E-state index is -0.416. The second kappa shape index (κ2) is 8.11. The smallest absolute Gasteiger partial charge is 0.244 e. The van der Waals surface area contributed by atoms with Crippen LogP contribution in [-0.4, -0.2) is 33.4 Å². The lowest BCUT2D eigenvalue weighted by Gasteiger charge is -2.21. The van der Waals surface area contributed by atoms with Crippen molar-refractivity contribution in [2.45, 2.75) is 52.2 Å². The van der Waals surface area contributed by atoms with Gasteiger partial charge in [0.15, 0.2) is 0 Å². The van der Waals surface area contributed by atoms with E-state index in [1.165, 1.54) is 0 Å². The molecule has 2 N–H and O–H groups in total. The molecule has 0 spiro atoms. The van der Waals surface area contributed by atoms with Gasteiger partial charge in [-0.1, -0.05) is 30.3 Å². The molecule has 2 rings (SSSR count). The van der Waals surface area contributed by atoms with Crippen LogP contribution in [0.3, 0.4) is 0 Å². The van der Waals surface area contributed by atoms with E-state index in [1.54, 1.807) is 11.6 Å². The highest BCUT2D eigenvalue weighted by Crippen LogP contribution is 2.21. The summed E-state index contributed by atoms with van der Waals surface area (Å²) < 4.78 is 1.75. The molecule has 0 saturated heterocycles. The molecule has 0 fully saturated rings. The molecule has 0 unspecified atom stereocenters. The molecule has 1 aromatic carbocycles. The van der Waals surface area contributed by atoms with Gasteiger partial charge >= 0.3 is 0 Å². The number of carbonyl (C=O) groups excluding carboxylic acids is 1. The number of amides is 1. The topological polar surface area (TPSA) is 67.2 Å². The number of hydrogen-bond donors (Lipinski definition) is 2. The molecule has 0 bridgehead atoms. The maximum absolute atomic E-state index is 12.5. The van der Waals surface area contributed by atoms with Crippen LogP contribution in [0.25, 0.3) is 0 Å². The molecule has 0 aliphatic heterocycles. The number of nitrogens with zero attached hydrogens (tertiary/aromatic N) is 2. The maximum Gasteiger partial charge on any atom is 0.244 e. The summed E-state index contributed by atoms with van der Waals surface area (Å²) in [5, 5.41) is 17.1. The Bertz CT molecular complexity index is 665. The van der Waals surface area contributed by atoms with E-state index in [-0.39, 0.29) is 17.9 Å². The summed E-state index contributed by atoms with van der Waals surface area (Å²) >= 11 is 0. The van der Waals surface area contributed by atoms with Gasteiger partial charge in [0, 0.05) is 18.2 Å². The molecular formula is C19H27N3O2. The lowest BCUT2D eigenvalue weighted by atomic mass is 9.93. The van der Waals surface area contributed by atoms with E-state index in [2.05, 4.69) is 10.4 Å². The first-order valence-corrected chi connectivity index (χ1v) is 8.42. The molecule has 24 heavy (non-hydrogen) atoms. The predicted octanol–water partition coefficient (Wildman–Crippen LogP) is 2.73. The summed E-state index contributed by atoms with van der Waals surface area (Å²) in [4.78, 5) is 12.5. The number of aliphatic hydroxyl groups is 1. The molecule has 0 aliphatic carbocycles. The Balaban J connectivity index is 2.03. The van der Waals surface area contributed by atoms with Crippen LogP contribution in [0.1, 0.15) is 49.2 Å². The van der Waals surface area contributed by atoms with Crippen molar-refractivity contribution in [3.8, 4) is 0 Å². The monoisotopic (exact) mass is 329 g/mol. The van der Waals surface area contributed by atoms with Gasteiger partial charge in [-0.15, -0.1) is 0 Å². The van der Waals surface area contributed by atoms with E-state index in [1.807, 2.05) is 57.2 Å². The number of rotatable bonds is 7. The molecule has 0 aliphatic rings. The standard InChI is InChI=1S/C19H27N3O2/c1-13-10-14(2)22(21-13)16(4)19(24)20-12-18(11-15(3)23)17-8-6-5-7-9-17/h5-10,15-16,18,23H,11-12H2,1-4H3,(H,20,24)/t15-,16+,18-/m0/s1. The number of benzene rings is 1. The van der Waals surface area contributed by atoms with E-state index in [0.717, 1.165) is 17.0 Å². The fraction of sp³-hybridized carbons (Fsp3) is 0.474. The van der Waals surface area contributed by atoms with Crippen LogP contribution in [0, 0.1) is 13.8 Å². The van der Waals surface area contributed by atoms with Crippen LogP contribution in [0.15, 0.2) is 36.4 Å². The quantitative estimate of drug-likeness (QED) is 0.821. The molecule has 3 atom stereocenters. The molecular weight excluding hydrogens is 302 g/mol. The van der Waals surface area contributed by atoms with Gasteiger partial charge in [0.2, 0.25) is 5.91 Å². The van der Waals surface area contributed by atoms with Crippen molar-refractivity contribution < 1.29 is 9.90 Å². The first kappa shape index (κ1) is 18.2. The summed E-state index contributed by atoms with van der Waals surface area (Å²) in [7, 11) is 0. The minimum absolute atomic E-state index is 0.0623. The molecule has 2 aromatic rings. The molecule has 0 saturated carbocycles. The van der Waals surface area contributed by atoms with Crippen LogP contribution in [-0.2, 0) is 4.79 Å². The van der Waals surface area contributed by atoms with E-state index in [4.69, 9.17) is 0 Å². The Morgan fingerprint density at radius 2 is 1.92 bits per heavy atom. The first-order chi connectivity index (χ1) is 11.4. The number of aromatic nitrogens is 2. The van der Waals surface area contributed by atoms with Gasteiger partial charge < -0.3 is 10.4 Å². The number of hydrogen-bond acceptors (Lipinski definition) is 3. The third kappa shape index (κ3) is 4.68. The summed E-state index contributed by atoms with van der Waals surface area (Å²) in [5.41, 5.74) is 3.00. The van der Waals surface area contributed by atoms with Crippen molar-refractivity contribution >= 4 is 5.91 Å². The number of aliphatic hydroxyl groups excluding tert-OH is 1. The highest BCUT2D eigenvalue weighted by atomic mass is 16.3. The summed E-state index contributed by atoms with van der Waals surface area (Å²) in [6, 6.07) is 11.6. The Kier molecular flexibility index (Phi) is 6.15. The van der Waals surface area contributed by atoms with E-state index in [0.29, 0.717) is 13.0 Å². The van der Waals surface area contributed by atoms with Crippen molar-refractivity contribution in [1.29, 1.82) is 0 Å². The van der Waals surface area contributed by atoms with Crippen LogP contribution in [0.4, 0.5) is 0 Å². The van der Waals surface area contributed by atoms with Crippen LogP contribution < -0.4 is 5.32 Å². The fourth-order valence-corrected chi connectivity index (χ4v) is 2.99. The molecule has 5 heteroatoms. The van der Waals surface area contributed by atoms with Gasteiger partial charge in [0.1, 0.15) is 6.04 Å². The van der Waals surface area contributed by atoms with Crippen molar-refractivity contribution in [3.63, 3.8) is 0 Å². The highest BCUT2D eigenvalue weighted by molar-refractivity contribution is 5.79. The second-order valence-corrected chi connectivity index (χ2v) is 6.49. The van der Waals surface area contributed by atoms with E-state index < -0.39 is 6.10 Å². The molecule has 5 nitrogen and oxygen atoms in total. The lowest BCUT2D eigenvalue weighted by molar-refractivity contribution is -0.124. The third-order valence-electron chi connectivity index (χ3n) is 4.21. The van der Waals surface area contributed by atoms with E-state index in [9.17, 15) is 9.90 Å². The average molecular weight is 329 g/mol. The minimum Gasteiger partial charge on any atom is -0.393 e. The average Bonchev–Trinajstić information content (AvgIpc) is 2.89. The third-order valence-corrected chi connectivity index (χ3v) is 4.21. The largest absolute Gasteiger partial charge is 0.393 e. The Labute approximate surface area is 143 Å². The fourth-order valence-electron chi connectivity index (χ4n) is 2.99.